The fourth-order valence-corrected chi connectivity index (χ4v) is 2.17. The number of aromatic carboxylic acids is 1. The van der Waals surface area contributed by atoms with E-state index in [2.05, 4.69) is 10.6 Å². The first-order valence-corrected chi connectivity index (χ1v) is 6.43. The van der Waals surface area contributed by atoms with Gasteiger partial charge in [-0.2, -0.15) is 0 Å². The van der Waals surface area contributed by atoms with Gasteiger partial charge in [0.05, 0.1) is 6.54 Å². The van der Waals surface area contributed by atoms with Crippen LogP contribution in [0.1, 0.15) is 35.3 Å². The number of rotatable bonds is 5. The summed E-state index contributed by atoms with van der Waals surface area (Å²) in [6, 6.07) is 3.32. The molecule has 0 atom stereocenters. The number of hydrogen-bond acceptors (Lipinski definition) is 4. The summed E-state index contributed by atoms with van der Waals surface area (Å²) >= 11 is 1.21. The Kier molecular flexibility index (Phi) is 4.86. The van der Waals surface area contributed by atoms with Crippen LogP contribution in [0.2, 0.25) is 0 Å². The van der Waals surface area contributed by atoms with Crippen molar-refractivity contribution >= 4 is 23.2 Å². The second-order valence-electron chi connectivity index (χ2n) is 4.97. The molecule has 0 unspecified atom stereocenters. The molecule has 0 saturated heterocycles. The SMILES string of the molecule is CC(C)(C)NC(=O)CNCc1ccc(C(=O)O)s1. The molecule has 5 nitrogen and oxygen atoms in total. The Morgan fingerprint density at radius 2 is 2.00 bits per heavy atom. The van der Waals surface area contributed by atoms with Crippen molar-refractivity contribution in [1.29, 1.82) is 0 Å². The highest BCUT2D eigenvalue weighted by atomic mass is 32.1. The Morgan fingerprint density at radius 3 is 2.50 bits per heavy atom. The Balaban J connectivity index is 2.33. The van der Waals surface area contributed by atoms with Gasteiger partial charge in [-0.3, -0.25) is 4.79 Å². The lowest BCUT2D eigenvalue weighted by Gasteiger charge is -2.20. The van der Waals surface area contributed by atoms with Gasteiger partial charge in [0.15, 0.2) is 0 Å². The van der Waals surface area contributed by atoms with Crippen LogP contribution in [0.4, 0.5) is 0 Å². The van der Waals surface area contributed by atoms with E-state index in [1.165, 1.54) is 11.3 Å². The molecule has 1 heterocycles. The molecule has 0 aliphatic rings. The maximum Gasteiger partial charge on any atom is 0.345 e. The molecule has 0 aliphatic heterocycles. The average molecular weight is 270 g/mol. The second-order valence-corrected chi connectivity index (χ2v) is 6.14. The smallest absolute Gasteiger partial charge is 0.345 e. The van der Waals surface area contributed by atoms with Crippen LogP contribution >= 0.6 is 11.3 Å². The lowest BCUT2D eigenvalue weighted by Crippen LogP contribution is -2.44. The molecule has 1 aromatic rings. The van der Waals surface area contributed by atoms with Crippen molar-refractivity contribution in [2.24, 2.45) is 0 Å². The molecule has 100 valence electrons. The van der Waals surface area contributed by atoms with Crippen molar-refractivity contribution in [3.63, 3.8) is 0 Å². The topological polar surface area (TPSA) is 78.4 Å². The van der Waals surface area contributed by atoms with Crippen molar-refractivity contribution < 1.29 is 14.7 Å². The quantitative estimate of drug-likeness (QED) is 0.756. The summed E-state index contributed by atoms with van der Waals surface area (Å²) in [6.45, 7) is 6.48. The highest BCUT2D eigenvalue weighted by Crippen LogP contribution is 2.15. The van der Waals surface area contributed by atoms with Gasteiger partial charge in [0.25, 0.3) is 0 Å². The van der Waals surface area contributed by atoms with Gasteiger partial charge in [0.2, 0.25) is 5.91 Å². The van der Waals surface area contributed by atoms with E-state index in [9.17, 15) is 9.59 Å². The van der Waals surface area contributed by atoms with Crippen LogP contribution in [0.15, 0.2) is 12.1 Å². The summed E-state index contributed by atoms with van der Waals surface area (Å²) in [5.41, 5.74) is -0.238. The van der Waals surface area contributed by atoms with Gasteiger partial charge >= 0.3 is 5.97 Å². The minimum absolute atomic E-state index is 0.0717. The molecule has 0 bridgehead atoms. The first-order valence-electron chi connectivity index (χ1n) is 5.62. The summed E-state index contributed by atoms with van der Waals surface area (Å²) in [4.78, 5) is 23.4. The monoisotopic (exact) mass is 270 g/mol. The molecule has 1 rings (SSSR count). The fraction of sp³-hybridized carbons (Fsp3) is 0.500. The van der Waals surface area contributed by atoms with Gasteiger partial charge in [-0.1, -0.05) is 0 Å². The maximum absolute atomic E-state index is 11.5. The third-order valence-corrected chi connectivity index (χ3v) is 3.04. The first kappa shape index (κ1) is 14.7. The lowest BCUT2D eigenvalue weighted by atomic mass is 10.1. The number of carboxylic acids is 1. The van der Waals surface area contributed by atoms with Crippen molar-refractivity contribution in [3.8, 4) is 0 Å². The molecule has 18 heavy (non-hydrogen) atoms. The molecule has 0 aliphatic carbocycles. The van der Waals surface area contributed by atoms with E-state index in [0.29, 0.717) is 11.4 Å². The Morgan fingerprint density at radius 1 is 1.33 bits per heavy atom. The average Bonchev–Trinajstić information content (AvgIpc) is 2.63. The van der Waals surface area contributed by atoms with E-state index >= 15 is 0 Å². The molecule has 1 aromatic heterocycles. The highest BCUT2D eigenvalue weighted by molar-refractivity contribution is 7.13. The molecule has 0 fully saturated rings. The van der Waals surface area contributed by atoms with E-state index in [1.54, 1.807) is 12.1 Å². The predicted octanol–water partition coefficient (Wildman–Crippen LogP) is 1.45. The van der Waals surface area contributed by atoms with Crippen molar-refractivity contribution in [2.75, 3.05) is 6.54 Å². The summed E-state index contributed by atoms with van der Waals surface area (Å²) < 4.78 is 0. The number of hydrogen-bond donors (Lipinski definition) is 3. The number of carbonyl (C=O) groups excluding carboxylic acids is 1. The van der Waals surface area contributed by atoms with Crippen LogP contribution in [0.3, 0.4) is 0 Å². The molecule has 1 amide bonds. The van der Waals surface area contributed by atoms with Gasteiger partial charge in [-0.15, -0.1) is 11.3 Å². The molecule has 0 saturated carbocycles. The second kappa shape index (κ2) is 5.97. The molecular formula is C12H18N2O3S. The Bertz CT molecular complexity index is 435. The van der Waals surface area contributed by atoms with Crippen LogP contribution in [-0.2, 0) is 11.3 Å². The zero-order valence-corrected chi connectivity index (χ0v) is 11.6. The van der Waals surface area contributed by atoms with E-state index in [4.69, 9.17) is 5.11 Å². The van der Waals surface area contributed by atoms with Crippen LogP contribution in [-0.4, -0.2) is 29.1 Å². The van der Waals surface area contributed by atoms with Crippen molar-refractivity contribution in [1.82, 2.24) is 10.6 Å². The third kappa shape index (κ3) is 5.29. The normalized spacial score (nSPS) is 11.3. The van der Waals surface area contributed by atoms with Gasteiger partial charge in [-0.05, 0) is 32.9 Å². The number of amides is 1. The molecule has 3 N–H and O–H groups in total. The zero-order chi connectivity index (χ0) is 13.8. The van der Waals surface area contributed by atoms with Gasteiger partial charge in [0.1, 0.15) is 4.88 Å². The number of carboxylic acid groups (broad SMARTS) is 1. The van der Waals surface area contributed by atoms with Gasteiger partial charge in [-0.25, -0.2) is 4.79 Å². The fourth-order valence-electron chi connectivity index (χ4n) is 1.35. The largest absolute Gasteiger partial charge is 0.477 e. The van der Waals surface area contributed by atoms with Crippen LogP contribution in [0.25, 0.3) is 0 Å². The molecule has 0 radical (unpaired) electrons. The molecule has 0 aromatic carbocycles. The van der Waals surface area contributed by atoms with Crippen LogP contribution < -0.4 is 10.6 Å². The van der Waals surface area contributed by atoms with Crippen molar-refractivity contribution in [3.05, 3.63) is 21.9 Å². The number of carbonyl (C=O) groups is 2. The minimum atomic E-state index is -0.920. The van der Waals surface area contributed by atoms with E-state index in [-0.39, 0.29) is 18.0 Å². The predicted molar refractivity (Wildman–Crippen MR) is 70.9 cm³/mol. The number of thiophene rings is 1. The summed E-state index contributed by atoms with van der Waals surface area (Å²) in [7, 11) is 0. The molecular weight excluding hydrogens is 252 g/mol. The van der Waals surface area contributed by atoms with Crippen molar-refractivity contribution in [2.45, 2.75) is 32.9 Å². The van der Waals surface area contributed by atoms with Crippen LogP contribution in [0, 0.1) is 0 Å². The lowest BCUT2D eigenvalue weighted by molar-refractivity contribution is -0.121. The van der Waals surface area contributed by atoms with E-state index in [1.807, 2.05) is 20.8 Å². The zero-order valence-electron chi connectivity index (χ0n) is 10.7. The summed E-state index contributed by atoms with van der Waals surface area (Å²) in [5.74, 6) is -0.991. The first-order chi connectivity index (χ1) is 8.28. The summed E-state index contributed by atoms with van der Waals surface area (Å²) in [5, 5.41) is 14.6. The van der Waals surface area contributed by atoms with E-state index < -0.39 is 5.97 Å². The maximum atomic E-state index is 11.5. The van der Waals surface area contributed by atoms with Gasteiger partial charge < -0.3 is 15.7 Å². The Labute approximate surface area is 110 Å². The number of nitrogens with one attached hydrogen (secondary N) is 2. The Hall–Kier alpha value is -1.40. The molecule has 6 heteroatoms. The molecule has 0 spiro atoms. The van der Waals surface area contributed by atoms with E-state index in [0.717, 1.165) is 4.88 Å². The third-order valence-electron chi connectivity index (χ3n) is 1.97. The standard InChI is InChI=1S/C12H18N2O3S/c1-12(2,3)14-10(15)7-13-6-8-4-5-9(18-8)11(16)17/h4-5,13H,6-7H2,1-3H3,(H,14,15)(H,16,17). The van der Waals surface area contributed by atoms with Crippen LogP contribution in [0.5, 0.6) is 0 Å². The van der Waals surface area contributed by atoms with Gasteiger partial charge in [0, 0.05) is 17.0 Å². The minimum Gasteiger partial charge on any atom is -0.477 e. The summed E-state index contributed by atoms with van der Waals surface area (Å²) in [6.07, 6.45) is 0. The highest BCUT2D eigenvalue weighted by Gasteiger charge is 2.13.